The number of rotatable bonds is 6. The lowest BCUT2D eigenvalue weighted by Gasteiger charge is -2.35. The van der Waals surface area contributed by atoms with Crippen LogP contribution in [0.15, 0.2) is 22.3 Å². The van der Waals surface area contributed by atoms with Gasteiger partial charge in [0.05, 0.1) is 0 Å². The van der Waals surface area contributed by atoms with Crippen LogP contribution >= 0.6 is 0 Å². The summed E-state index contributed by atoms with van der Waals surface area (Å²) in [4.78, 5) is 0. The second kappa shape index (κ2) is 5.83. The van der Waals surface area contributed by atoms with Gasteiger partial charge in [-0.15, -0.1) is 0 Å². The molecule has 98 valence electrons. The van der Waals surface area contributed by atoms with E-state index in [1.807, 2.05) is 13.8 Å². The third-order valence-electron chi connectivity index (χ3n) is 3.66. The Balaban J connectivity index is 3.31. The molecule has 0 spiro atoms. The van der Waals surface area contributed by atoms with Gasteiger partial charge in [-0.3, -0.25) is 0 Å². The molecule has 0 aromatic rings. The highest BCUT2D eigenvalue weighted by Gasteiger charge is 2.44. The van der Waals surface area contributed by atoms with Gasteiger partial charge in [0.15, 0.2) is 0 Å². The minimum Gasteiger partial charge on any atom is -0.343 e. The Bertz CT molecular complexity index is 303. The van der Waals surface area contributed by atoms with Crippen LogP contribution in [0.25, 0.3) is 0 Å². The second-order valence-electron chi connectivity index (χ2n) is 4.40. The van der Waals surface area contributed by atoms with Crippen LogP contribution in [0.5, 0.6) is 0 Å². The van der Waals surface area contributed by atoms with Gasteiger partial charge in [-0.05, 0) is 62.8 Å². The minimum absolute atomic E-state index is 0.568. The van der Waals surface area contributed by atoms with Crippen LogP contribution < -0.4 is 0 Å². The zero-order valence-electron chi connectivity index (χ0n) is 12.1. The van der Waals surface area contributed by atoms with Gasteiger partial charge in [0.2, 0.25) is 5.79 Å². The van der Waals surface area contributed by atoms with Crippen molar-refractivity contribution in [2.24, 2.45) is 0 Å². The van der Waals surface area contributed by atoms with Crippen molar-refractivity contribution >= 4 is 0 Å². The van der Waals surface area contributed by atoms with E-state index in [0.29, 0.717) is 13.2 Å². The van der Waals surface area contributed by atoms with E-state index in [9.17, 15) is 0 Å². The average molecular weight is 238 g/mol. The third-order valence-corrected chi connectivity index (χ3v) is 3.66. The molecule has 0 radical (unpaired) electrons. The van der Waals surface area contributed by atoms with Crippen LogP contribution in [0.4, 0.5) is 0 Å². The summed E-state index contributed by atoms with van der Waals surface area (Å²) < 4.78 is 12.1. The molecule has 0 aliphatic heterocycles. The molecule has 1 aliphatic rings. The van der Waals surface area contributed by atoms with Crippen LogP contribution in [-0.4, -0.2) is 19.0 Å². The summed E-state index contributed by atoms with van der Waals surface area (Å²) in [6.07, 6.45) is 1.96. The summed E-state index contributed by atoms with van der Waals surface area (Å²) in [5.74, 6) is -0.568. The van der Waals surface area contributed by atoms with E-state index in [2.05, 4.69) is 27.7 Å². The molecule has 17 heavy (non-hydrogen) atoms. The van der Waals surface area contributed by atoms with Crippen molar-refractivity contribution in [1.82, 2.24) is 0 Å². The van der Waals surface area contributed by atoms with Gasteiger partial charge in [-0.2, -0.15) is 0 Å². The van der Waals surface area contributed by atoms with Crippen LogP contribution in [0, 0.1) is 0 Å². The van der Waals surface area contributed by atoms with E-state index in [1.165, 1.54) is 22.3 Å². The number of hydrogen-bond donors (Lipinski definition) is 0. The van der Waals surface area contributed by atoms with Gasteiger partial charge >= 0.3 is 0 Å². The van der Waals surface area contributed by atoms with Crippen LogP contribution in [0.2, 0.25) is 0 Å². The molecule has 2 nitrogen and oxygen atoms in total. The van der Waals surface area contributed by atoms with Crippen LogP contribution in [0.3, 0.4) is 0 Å². The number of ether oxygens (including phenoxy) is 2. The standard InChI is InChI=1S/C15H26O2/c1-7-13-11(5)12(6)14(8-2)15(13,16-9-3)17-10-4/h7-10H2,1-6H3. The summed E-state index contributed by atoms with van der Waals surface area (Å²) in [5.41, 5.74) is 5.31. The second-order valence-corrected chi connectivity index (χ2v) is 4.40. The fourth-order valence-corrected chi connectivity index (χ4v) is 2.92. The molecule has 1 aliphatic carbocycles. The molecule has 0 aromatic heterocycles. The monoisotopic (exact) mass is 238 g/mol. The van der Waals surface area contributed by atoms with Crippen molar-refractivity contribution in [2.45, 2.75) is 60.2 Å². The molecule has 0 N–H and O–H groups in total. The molecule has 0 aromatic carbocycles. The van der Waals surface area contributed by atoms with Gasteiger partial charge in [-0.25, -0.2) is 0 Å². The molecule has 0 saturated carbocycles. The molecule has 1 rings (SSSR count). The smallest absolute Gasteiger partial charge is 0.215 e. The molecular weight excluding hydrogens is 212 g/mol. The van der Waals surface area contributed by atoms with Crippen molar-refractivity contribution in [2.75, 3.05) is 13.2 Å². The maximum absolute atomic E-state index is 6.04. The fraction of sp³-hybridized carbons (Fsp3) is 0.733. The van der Waals surface area contributed by atoms with Crippen molar-refractivity contribution in [3.63, 3.8) is 0 Å². The zero-order valence-corrected chi connectivity index (χ0v) is 12.1. The normalized spacial score (nSPS) is 19.4. The minimum atomic E-state index is -0.568. The number of allylic oxidation sites excluding steroid dienone is 2. The van der Waals surface area contributed by atoms with Gasteiger partial charge < -0.3 is 9.47 Å². The van der Waals surface area contributed by atoms with Crippen molar-refractivity contribution in [3.05, 3.63) is 22.3 Å². The van der Waals surface area contributed by atoms with Gasteiger partial charge in [-0.1, -0.05) is 13.8 Å². The third kappa shape index (κ3) is 2.21. The first-order chi connectivity index (χ1) is 8.08. The van der Waals surface area contributed by atoms with Gasteiger partial charge in [0.1, 0.15) is 0 Å². The Morgan fingerprint density at radius 1 is 0.765 bits per heavy atom. The first kappa shape index (κ1) is 14.5. The average Bonchev–Trinajstić information content (AvgIpc) is 2.49. The Hall–Kier alpha value is -0.600. The Labute approximate surface area is 106 Å². The molecule has 2 heteroatoms. The highest BCUT2D eigenvalue weighted by atomic mass is 16.7. The van der Waals surface area contributed by atoms with E-state index in [0.717, 1.165) is 12.8 Å². The highest BCUT2D eigenvalue weighted by Crippen LogP contribution is 2.46. The van der Waals surface area contributed by atoms with Crippen molar-refractivity contribution < 1.29 is 9.47 Å². The Kier molecular flexibility index (Phi) is 4.96. The summed E-state index contributed by atoms with van der Waals surface area (Å²) in [6, 6.07) is 0. The molecule has 0 atom stereocenters. The van der Waals surface area contributed by atoms with E-state index in [4.69, 9.17) is 9.47 Å². The molecule has 0 fully saturated rings. The van der Waals surface area contributed by atoms with E-state index in [1.54, 1.807) is 0 Å². The van der Waals surface area contributed by atoms with E-state index < -0.39 is 5.79 Å². The van der Waals surface area contributed by atoms with Crippen LogP contribution in [0.1, 0.15) is 54.4 Å². The molecule has 0 heterocycles. The Morgan fingerprint density at radius 3 is 1.35 bits per heavy atom. The van der Waals surface area contributed by atoms with E-state index >= 15 is 0 Å². The fourth-order valence-electron chi connectivity index (χ4n) is 2.92. The van der Waals surface area contributed by atoms with E-state index in [-0.39, 0.29) is 0 Å². The topological polar surface area (TPSA) is 18.5 Å². The lowest BCUT2D eigenvalue weighted by Crippen LogP contribution is -2.39. The highest BCUT2D eigenvalue weighted by molar-refractivity contribution is 5.52. The molecule has 0 saturated heterocycles. The number of hydrogen-bond acceptors (Lipinski definition) is 2. The first-order valence-electron chi connectivity index (χ1n) is 6.77. The molecule has 0 unspecified atom stereocenters. The van der Waals surface area contributed by atoms with Gasteiger partial charge in [0, 0.05) is 13.2 Å². The summed E-state index contributed by atoms with van der Waals surface area (Å²) >= 11 is 0. The predicted octanol–water partition coefficient (Wildman–Crippen LogP) is 4.22. The predicted molar refractivity (Wildman–Crippen MR) is 72.0 cm³/mol. The lowest BCUT2D eigenvalue weighted by atomic mass is 9.97. The van der Waals surface area contributed by atoms with Crippen molar-refractivity contribution in [1.29, 1.82) is 0 Å². The SMILES string of the molecule is CCOC1(OCC)C(CC)=C(C)C(C)=C1CC. The quantitative estimate of drug-likeness (QED) is 0.645. The maximum atomic E-state index is 6.04. The Morgan fingerprint density at radius 2 is 1.12 bits per heavy atom. The first-order valence-corrected chi connectivity index (χ1v) is 6.77. The van der Waals surface area contributed by atoms with Crippen molar-refractivity contribution in [3.8, 4) is 0 Å². The van der Waals surface area contributed by atoms with Crippen LogP contribution in [-0.2, 0) is 9.47 Å². The maximum Gasteiger partial charge on any atom is 0.215 e. The lowest BCUT2D eigenvalue weighted by molar-refractivity contribution is -0.182. The zero-order chi connectivity index (χ0) is 13.1. The molecule has 0 amide bonds. The summed E-state index contributed by atoms with van der Waals surface area (Å²) in [5, 5.41) is 0. The molecular formula is C15H26O2. The van der Waals surface area contributed by atoms with Gasteiger partial charge in [0.25, 0.3) is 0 Å². The largest absolute Gasteiger partial charge is 0.343 e. The molecule has 0 bridgehead atoms. The summed E-state index contributed by atoms with van der Waals surface area (Å²) in [7, 11) is 0. The summed E-state index contributed by atoms with van der Waals surface area (Å²) in [6.45, 7) is 14.1.